The second-order valence-corrected chi connectivity index (χ2v) is 9.30. The first-order valence-electron chi connectivity index (χ1n) is 11.9. The van der Waals surface area contributed by atoms with Gasteiger partial charge in [-0.05, 0) is 47.7 Å². The van der Waals surface area contributed by atoms with E-state index in [4.69, 9.17) is 16.1 Å². The normalized spacial score (nSPS) is 14.1. The molecule has 0 spiro atoms. The van der Waals surface area contributed by atoms with Crippen LogP contribution in [-0.2, 0) is 27.5 Å². The lowest BCUT2D eigenvalue weighted by atomic mass is 9.97. The van der Waals surface area contributed by atoms with Crippen molar-refractivity contribution in [2.45, 2.75) is 44.8 Å². The number of carboxylic acids is 1. The zero-order chi connectivity index (χ0) is 27.4. The SMILES string of the molecule is CNC(=O)C(CCC=O)N1Cc2cc(CNc3nc(C(C(=O)O)c4ccc(C)c(Cl)c4)no3)ccc2C1=O. The number of rotatable bonds is 11. The van der Waals surface area contributed by atoms with E-state index in [1.807, 2.05) is 13.0 Å². The van der Waals surface area contributed by atoms with Crippen LogP contribution in [0.3, 0.4) is 0 Å². The maximum Gasteiger partial charge on any atom is 0.321 e. The third-order valence-electron chi connectivity index (χ3n) is 6.40. The van der Waals surface area contributed by atoms with Crippen LogP contribution < -0.4 is 10.6 Å². The number of carbonyl (C=O) groups is 4. The van der Waals surface area contributed by atoms with E-state index in [2.05, 4.69) is 20.8 Å². The van der Waals surface area contributed by atoms with Crippen LogP contribution in [0.1, 0.15) is 57.2 Å². The topological polar surface area (TPSA) is 155 Å². The maximum atomic E-state index is 12.9. The Kier molecular flexibility index (Phi) is 8.06. The van der Waals surface area contributed by atoms with Crippen molar-refractivity contribution in [1.29, 1.82) is 0 Å². The average molecular weight is 540 g/mol. The molecular formula is C26H26ClN5O6. The van der Waals surface area contributed by atoms with Gasteiger partial charge < -0.3 is 30.0 Å². The number of fused-ring (bicyclic) bond motifs is 1. The summed E-state index contributed by atoms with van der Waals surface area (Å²) in [5.41, 5.74) is 3.30. The standard InChI is InChI=1S/C26H26ClN5O6/c1-14-5-7-16(11-19(14)27)21(25(36)37)22-30-26(38-31-22)29-12-15-6-8-18-17(10-15)13-32(24(18)35)20(4-3-9-33)23(34)28-2/h5-11,20-21H,3-4,12-13H2,1-2H3,(H,28,34)(H,36,37)(H,29,30,31). The van der Waals surface area contributed by atoms with E-state index in [0.717, 1.165) is 23.0 Å². The number of hydrogen-bond donors (Lipinski definition) is 3. The molecule has 38 heavy (non-hydrogen) atoms. The predicted octanol–water partition coefficient (Wildman–Crippen LogP) is 2.91. The summed E-state index contributed by atoms with van der Waals surface area (Å²) >= 11 is 6.17. The number of carbonyl (C=O) groups excluding carboxylic acids is 3. The molecular weight excluding hydrogens is 514 g/mol. The van der Waals surface area contributed by atoms with Gasteiger partial charge in [0, 0.05) is 37.1 Å². The number of aldehydes is 1. The quantitative estimate of drug-likeness (QED) is 0.312. The number of hydrogen-bond acceptors (Lipinski definition) is 8. The van der Waals surface area contributed by atoms with Crippen LogP contribution in [-0.4, -0.2) is 57.3 Å². The Morgan fingerprint density at radius 3 is 2.74 bits per heavy atom. The van der Waals surface area contributed by atoms with Crippen LogP contribution in [0.15, 0.2) is 40.9 Å². The molecule has 0 saturated carbocycles. The zero-order valence-corrected chi connectivity index (χ0v) is 21.5. The number of aliphatic carboxylic acids is 1. The predicted molar refractivity (Wildman–Crippen MR) is 137 cm³/mol. The summed E-state index contributed by atoms with van der Waals surface area (Å²) in [5.74, 6) is -2.91. The Morgan fingerprint density at radius 2 is 2.05 bits per heavy atom. The van der Waals surface area contributed by atoms with E-state index in [9.17, 15) is 24.3 Å². The van der Waals surface area contributed by atoms with Gasteiger partial charge in [-0.15, -0.1) is 0 Å². The van der Waals surface area contributed by atoms with Crippen molar-refractivity contribution < 1.29 is 28.8 Å². The summed E-state index contributed by atoms with van der Waals surface area (Å²) in [6.07, 6.45) is 1.13. The largest absolute Gasteiger partial charge is 0.480 e. The number of halogens is 1. The molecule has 3 aromatic rings. The summed E-state index contributed by atoms with van der Waals surface area (Å²) in [6.45, 7) is 2.32. The number of likely N-dealkylation sites (N-methyl/N-ethyl adjacent to an activating group) is 1. The van der Waals surface area contributed by atoms with Gasteiger partial charge in [-0.1, -0.05) is 41.0 Å². The average Bonchev–Trinajstić information content (AvgIpc) is 3.49. The van der Waals surface area contributed by atoms with Crippen molar-refractivity contribution in [2.24, 2.45) is 0 Å². The molecule has 0 aliphatic carbocycles. The van der Waals surface area contributed by atoms with E-state index >= 15 is 0 Å². The van der Waals surface area contributed by atoms with Crippen LogP contribution in [0.5, 0.6) is 0 Å². The zero-order valence-electron chi connectivity index (χ0n) is 20.7. The highest BCUT2D eigenvalue weighted by Gasteiger charge is 2.36. The van der Waals surface area contributed by atoms with E-state index < -0.39 is 17.9 Å². The molecule has 12 heteroatoms. The molecule has 198 valence electrons. The minimum atomic E-state index is -1.16. The first-order valence-corrected chi connectivity index (χ1v) is 12.3. The number of aromatic nitrogens is 2. The first-order chi connectivity index (χ1) is 18.2. The monoisotopic (exact) mass is 539 g/mol. The van der Waals surface area contributed by atoms with Crippen molar-refractivity contribution in [3.63, 3.8) is 0 Å². The van der Waals surface area contributed by atoms with Crippen molar-refractivity contribution in [2.75, 3.05) is 12.4 Å². The Labute approximate surface area is 223 Å². The lowest BCUT2D eigenvalue weighted by Crippen LogP contribution is -2.46. The summed E-state index contributed by atoms with van der Waals surface area (Å²) in [6, 6.07) is 9.55. The van der Waals surface area contributed by atoms with Crippen LogP contribution in [0.25, 0.3) is 0 Å². The van der Waals surface area contributed by atoms with Gasteiger partial charge in [-0.2, -0.15) is 4.98 Å². The molecule has 11 nitrogen and oxygen atoms in total. The van der Waals surface area contributed by atoms with Crippen LogP contribution in [0.4, 0.5) is 6.01 Å². The molecule has 2 unspecified atom stereocenters. The fourth-order valence-corrected chi connectivity index (χ4v) is 4.56. The molecule has 1 aromatic heterocycles. The molecule has 0 radical (unpaired) electrons. The molecule has 3 N–H and O–H groups in total. The molecule has 0 bridgehead atoms. The van der Waals surface area contributed by atoms with Crippen LogP contribution >= 0.6 is 11.6 Å². The first kappa shape index (κ1) is 26.8. The van der Waals surface area contributed by atoms with Crippen LogP contribution in [0.2, 0.25) is 5.02 Å². The molecule has 1 aliphatic heterocycles. The molecule has 2 aromatic carbocycles. The van der Waals surface area contributed by atoms with E-state index in [1.54, 1.807) is 30.3 Å². The lowest BCUT2D eigenvalue weighted by molar-refractivity contribution is -0.138. The number of benzene rings is 2. The van der Waals surface area contributed by atoms with Crippen molar-refractivity contribution in [1.82, 2.24) is 20.4 Å². The van der Waals surface area contributed by atoms with Gasteiger partial charge in [-0.25, -0.2) is 0 Å². The third-order valence-corrected chi connectivity index (χ3v) is 6.81. The smallest absolute Gasteiger partial charge is 0.321 e. The van der Waals surface area contributed by atoms with E-state index in [1.165, 1.54) is 11.9 Å². The third kappa shape index (κ3) is 5.52. The van der Waals surface area contributed by atoms with Crippen molar-refractivity contribution in [3.05, 3.63) is 75.1 Å². The molecule has 0 saturated heterocycles. The Bertz CT molecular complexity index is 1390. The summed E-state index contributed by atoms with van der Waals surface area (Å²) in [4.78, 5) is 53.8. The highest BCUT2D eigenvalue weighted by molar-refractivity contribution is 6.31. The van der Waals surface area contributed by atoms with Gasteiger partial charge in [0.15, 0.2) is 5.82 Å². The molecule has 2 heterocycles. The van der Waals surface area contributed by atoms with Gasteiger partial charge >= 0.3 is 12.0 Å². The number of aryl methyl sites for hydroxylation is 1. The fraction of sp³-hybridized carbons (Fsp3) is 0.308. The molecule has 0 fully saturated rings. The summed E-state index contributed by atoms with van der Waals surface area (Å²) < 4.78 is 5.22. The number of nitrogens with one attached hydrogen (secondary N) is 2. The Morgan fingerprint density at radius 1 is 1.26 bits per heavy atom. The second-order valence-electron chi connectivity index (χ2n) is 8.89. The minimum Gasteiger partial charge on any atom is -0.480 e. The van der Waals surface area contributed by atoms with Gasteiger partial charge in [0.05, 0.1) is 0 Å². The Balaban J connectivity index is 1.46. The summed E-state index contributed by atoms with van der Waals surface area (Å²) in [5, 5.41) is 19.6. The number of amides is 2. The molecule has 4 rings (SSSR count). The van der Waals surface area contributed by atoms with Gasteiger partial charge in [0.25, 0.3) is 5.91 Å². The highest BCUT2D eigenvalue weighted by Crippen LogP contribution is 2.29. The molecule has 2 amide bonds. The molecule has 1 aliphatic rings. The van der Waals surface area contributed by atoms with Crippen LogP contribution in [0, 0.1) is 6.92 Å². The van der Waals surface area contributed by atoms with Crippen molar-refractivity contribution in [3.8, 4) is 0 Å². The van der Waals surface area contributed by atoms with E-state index in [-0.39, 0.29) is 49.6 Å². The number of carboxylic acid groups (broad SMARTS) is 1. The van der Waals surface area contributed by atoms with Gasteiger partial charge in [-0.3, -0.25) is 14.4 Å². The minimum absolute atomic E-state index is 0.0225. The molecule has 2 atom stereocenters. The van der Waals surface area contributed by atoms with Gasteiger partial charge in [0.2, 0.25) is 5.91 Å². The number of nitrogens with zero attached hydrogens (tertiary/aromatic N) is 3. The number of anilines is 1. The summed E-state index contributed by atoms with van der Waals surface area (Å²) in [7, 11) is 1.49. The highest BCUT2D eigenvalue weighted by atomic mass is 35.5. The van der Waals surface area contributed by atoms with Crippen molar-refractivity contribution >= 4 is 41.7 Å². The Hall–Kier alpha value is -4.25. The van der Waals surface area contributed by atoms with E-state index in [0.29, 0.717) is 16.1 Å². The maximum absolute atomic E-state index is 12.9. The fourth-order valence-electron chi connectivity index (χ4n) is 4.37. The lowest BCUT2D eigenvalue weighted by Gasteiger charge is -2.25. The second kappa shape index (κ2) is 11.4. The van der Waals surface area contributed by atoms with Gasteiger partial charge in [0.1, 0.15) is 18.2 Å².